The monoisotopic (exact) mass is 220 g/mol. The summed E-state index contributed by atoms with van der Waals surface area (Å²) in [7, 11) is 0. The molecule has 0 aliphatic carbocycles. The Hall–Kier alpha value is -1.55. The Morgan fingerprint density at radius 1 is 1.44 bits per heavy atom. The summed E-state index contributed by atoms with van der Waals surface area (Å²) in [5, 5.41) is 15.5. The van der Waals surface area contributed by atoms with E-state index in [9.17, 15) is 9.90 Å². The first-order valence-electron chi connectivity index (χ1n) is 5.57. The average molecular weight is 220 g/mol. The SMILES string of the molecule is O=C(Nc1ccccc1O)[C@@H]1CCCNC1. The van der Waals surface area contributed by atoms with Gasteiger partial charge < -0.3 is 15.7 Å². The molecule has 0 spiro atoms. The molecule has 4 nitrogen and oxygen atoms in total. The van der Waals surface area contributed by atoms with Gasteiger partial charge in [0.2, 0.25) is 5.91 Å². The maximum Gasteiger partial charge on any atom is 0.228 e. The van der Waals surface area contributed by atoms with Crippen LogP contribution in [0.3, 0.4) is 0 Å². The predicted octanol–water partition coefficient (Wildman–Crippen LogP) is 1.33. The van der Waals surface area contributed by atoms with Gasteiger partial charge in [0.25, 0.3) is 0 Å². The van der Waals surface area contributed by atoms with Crippen LogP contribution >= 0.6 is 0 Å². The fraction of sp³-hybridized carbons (Fsp3) is 0.417. The van der Waals surface area contributed by atoms with Crippen molar-refractivity contribution < 1.29 is 9.90 Å². The molecule has 1 saturated heterocycles. The lowest BCUT2D eigenvalue weighted by Gasteiger charge is -2.22. The molecule has 1 atom stereocenters. The first-order valence-corrected chi connectivity index (χ1v) is 5.57. The molecular formula is C12H16N2O2. The van der Waals surface area contributed by atoms with Crippen LogP contribution in [0.2, 0.25) is 0 Å². The minimum atomic E-state index is -0.0197. The van der Waals surface area contributed by atoms with Crippen LogP contribution in [-0.4, -0.2) is 24.1 Å². The van der Waals surface area contributed by atoms with Gasteiger partial charge >= 0.3 is 0 Å². The van der Waals surface area contributed by atoms with Crippen molar-refractivity contribution in [3.8, 4) is 5.75 Å². The second-order valence-corrected chi connectivity index (χ2v) is 4.05. The molecule has 4 heteroatoms. The highest BCUT2D eigenvalue weighted by atomic mass is 16.3. The van der Waals surface area contributed by atoms with E-state index in [2.05, 4.69) is 10.6 Å². The maximum absolute atomic E-state index is 11.9. The van der Waals surface area contributed by atoms with E-state index in [1.54, 1.807) is 24.3 Å². The fourth-order valence-electron chi connectivity index (χ4n) is 1.89. The summed E-state index contributed by atoms with van der Waals surface area (Å²) in [6, 6.07) is 6.78. The van der Waals surface area contributed by atoms with Crippen molar-refractivity contribution in [2.24, 2.45) is 5.92 Å². The number of hydrogen-bond acceptors (Lipinski definition) is 3. The number of anilines is 1. The molecule has 1 aromatic carbocycles. The largest absolute Gasteiger partial charge is 0.506 e. The Balaban J connectivity index is 1.99. The Morgan fingerprint density at radius 2 is 2.25 bits per heavy atom. The predicted molar refractivity (Wildman–Crippen MR) is 62.3 cm³/mol. The number of para-hydroxylation sites is 2. The van der Waals surface area contributed by atoms with Gasteiger partial charge in [0, 0.05) is 6.54 Å². The molecule has 0 aromatic heterocycles. The van der Waals surface area contributed by atoms with E-state index in [0.29, 0.717) is 5.69 Å². The van der Waals surface area contributed by atoms with Crippen molar-refractivity contribution in [1.82, 2.24) is 5.32 Å². The van der Waals surface area contributed by atoms with E-state index in [1.807, 2.05) is 0 Å². The van der Waals surface area contributed by atoms with Crippen molar-refractivity contribution in [3.63, 3.8) is 0 Å². The lowest BCUT2D eigenvalue weighted by atomic mass is 9.99. The van der Waals surface area contributed by atoms with E-state index < -0.39 is 0 Å². The molecule has 1 aromatic rings. The molecule has 0 saturated carbocycles. The lowest BCUT2D eigenvalue weighted by Crippen LogP contribution is -2.37. The molecule has 0 bridgehead atoms. The van der Waals surface area contributed by atoms with Crippen LogP contribution in [0.1, 0.15) is 12.8 Å². The van der Waals surface area contributed by atoms with Gasteiger partial charge in [-0.2, -0.15) is 0 Å². The van der Waals surface area contributed by atoms with Crippen molar-refractivity contribution in [3.05, 3.63) is 24.3 Å². The van der Waals surface area contributed by atoms with Gasteiger partial charge in [-0.15, -0.1) is 0 Å². The van der Waals surface area contributed by atoms with E-state index in [1.165, 1.54) is 0 Å². The molecule has 1 amide bonds. The minimum Gasteiger partial charge on any atom is -0.506 e. The second kappa shape index (κ2) is 4.99. The molecule has 16 heavy (non-hydrogen) atoms. The fourth-order valence-corrected chi connectivity index (χ4v) is 1.89. The number of piperidine rings is 1. The molecule has 1 aliphatic rings. The number of rotatable bonds is 2. The third kappa shape index (κ3) is 2.52. The Labute approximate surface area is 94.7 Å². The molecule has 3 N–H and O–H groups in total. The van der Waals surface area contributed by atoms with Crippen molar-refractivity contribution in [2.45, 2.75) is 12.8 Å². The Kier molecular flexibility index (Phi) is 3.41. The van der Waals surface area contributed by atoms with E-state index >= 15 is 0 Å². The van der Waals surface area contributed by atoms with Gasteiger partial charge in [-0.3, -0.25) is 4.79 Å². The summed E-state index contributed by atoms with van der Waals surface area (Å²) in [5.74, 6) is 0.0988. The van der Waals surface area contributed by atoms with Crippen LogP contribution in [0.15, 0.2) is 24.3 Å². The van der Waals surface area contributed by atoms with Crippen LogP contribution < -0.4 is 10.6 Å². The Bertz CT molecular complexity index is 373. The number of benzene rings is 1. The zero-order chi connectivity index (χ0) is 11.4. The van der Waals surface area contributed by atoms with Crippen LogP contribution in [0, 0.1) is 5.92 Å². The summed E-state index contributed by atoms with van der Waals surface area (Å²) >= 11 is 0. The van der Waals surface area contributed by atoms with Gasteiger partial charge in [0.05, 0.1) is 11.6 Å². The van der Waals surface area contributed by atoms with Crippen LogP contribution in [0.4, 0.5) is 5.69 Å². The molecule has 1 aliphatic heterocycles. The van der Waals surface area contributed by atoms with Gasteiger partial charge in [-0.25, -0.2) is 0 Å². The molecule has 2 rings (SSSR count). The Morgan fingerprint density at radius 3 is 2.94 bits per heavy atom. The quantitative estimate of drug-likeness (QED) is 0.659. The number of hydrogen-bond donors (Lipinski definition) is 3. The van der Waals surface area contributed by atoms with E-state index in [4.69, 9.17) is 0 Å². The third-order valence-corrected chi connectivity index (χ3v) is 2.83. The highest BCUT2D eigenvalue weighted by Gasteiger charge is 2.21. The lowest BCUT2D eigenvalue weighted by molar-refractivity contribution is -0.120. The number of aromatic hydroxyl groups is 1. The van der Waals surface area contributed by atoms with E-state index in [0.717, 1.165) is 25.9 Å². The third-order valence-electron chi connectivity index (χ3n) is 2.83. The summed E-state index contributed by atoms with van der Waals surface area (Å²) in [5.41, 5.74) is 0.484. The highest BCUT2D eigenvalue weighted by molar-refractivity contribution is 5.94. The van der Waals surface area contributed by atoms with Gasteiger partial charge in [-0.05, 0) is 31.5 Å². The van der Waals surface area contributed by atoms with Crippen LogP contribution in [-0.2, 0) is 4.79 Å². The minimum absolute atomic E-state index is 0.00774. The van der Waals surface area contributed by atoms with Crippen molar-refractivity contribution >= 4 is 11.6 Å². The van der Waals surface area contributed by atoms with Gasteiger partial charge in [-0.1, -0.05) is 12.1 Å². The standard InChI is InChI=1S/C12H16N2O2/c15-11-6-2-1-5-10(11)14-12(16)9-4-3-7-13-8-9/h1-2,5-6,9,13,15H,3-4,7-8H2,(H,14,16)/t9-/m1/s1. The molecule has 0 unspecified atom stereocenters. The number of amides is 1. The summed E-state index contributed by atoms with van der Waals surface area (Å²) in [6.45, 7) is 1.71. The molecule has 86 valence electrons. The summed E-state index contributed by atoms with van der Waals surface area (Å²) in [4.78, 5) is 11.9. The van der Waals surface area contributed by atoms with Crippen molar-refractivity contribution in [2.75, 3.05) is 18.4 Å². The number of phenolic OH excluding ortho intramolecular Hbond substituents is 1. The average Bonchev–Trinajstić information content (AvgIpc) is 2.33. The molecule has 1 fully saturated rings. The smallest absolute Gasteiger partial charge is 0.228 e. The second-order valence-electron chi connectivity index (χ2n) is 4.05. The first-order chi connectivity index (χ1) is 7.77. The number of carbonyl (C=O) groups excluding carboxylic acids is 1. The van der Waals surface area contributed by atoms with Crippen LogP contribution in [0.25, 0.3) is 0 Å². The number of phenols is 1. The zero-order valence-electron chi connectivity index (χ0n) is 9.07. The summed E-state index contributed by atoms with van der Waals surface area (Å²) < 4.78 is 0. The van der Waals surface area contributed by atoms with E-state index in [-0.39, 0.29) is 17.6 Å². The number of carbonyl (C=O) groups is 1. The first kappa shape index (κ1) is 11.0. The van der Waals surface area contributed by atoms with Gasteiger partial charge in [0.1, 0.15) is 5.75 Å². The maximum atomic E-state index is 11.9. The highest BCUT2D eigenvalue weighted by Crippen LogP contribution is 2.23. The topological polar surface area (TPSA) is 61.4 Å². The molecule has 1 heterocycles. The van der Waals surface area contributed by atoms with Crippen LogP contribution in [0.5, 0.6) is 5.75 Å². The molecule has 0 radical (unpaired) electrons. The molecular weight excluding hydrogens is 204 g/mol. The summed E-state index contributed by atoms with van der Waals surface area (Å²) in [6.07, 6.45) is 1.94. The number of nitrogens with one attached hydrogen (secondary N) is 2. The zero-order valence-corrected chi connectivity index (χ0v) is 9.07. The van der Waals surface area contributed by atoms with Gasteiger partial charge in [0.15, 0.2) is 0 Å². The normalized spacial score (nSPS) is 20.4. The van der Waals surface area contributed by atoms with Crippen molar-refractivity contribution in [1.29, 1.82) is 0 Å².